The Morgan fingerprint density at radius 2 is 1.90 bits per heavy atom. The molecule has 1 aromatic heterocycles. The van der Waals surface area contributed by atoms with E-state index in [1.165, 1.54) is 5.56 Å². The Labute approximate surface area is 118 Å². The summed E-state index contributed by atoms with van der Waals surface area (Å²) < 4.78 is 0. The number of nitrogens with one attached hydrogen (secondary N) is 2. The van der Waals surface area contributed by atoms with Gasteiger partial charge in [0.1, 0.15) is 0 Å². The third-order valence-electron chi connectivity index (χ3n) is 3.97. The van der Waals surface area contributed by atoms with Crippen molar-refractivity contribution in [2.75, 3.05) is 26.2 Å². The highest BCUT2D eigenvalue weighted by molar-refractivity contribution is 5.82. The molecule has 1 aliphatic heterocycles. The van der Waals surface area contributed by atoms with Crippen molar-refractivity contribution in [3.8, 4) is 0 Å². The molecule has 0 saturated carbocycles. The molecule has 1 saturated heterocycles. The van der Waals surface area contributed by atoms with E-state index >= 15 is 0 Å². The van der Waals surface area contributed by atoms with Gasteiger partial charge in [0.2, 0.25) is 0 Å². The molecule has 2 N–H and O–H groups in total. The minimum atomic E-state index is 0.0444. The molecular weight excluding hydrogens is 250 g/mol. The van der Waals surface area contributed by atoms with Gasteiger partial charge in [-0.25, -0.2) is 0 Å². The first-order valence-electron chi connectivity index (χ1n) is 7.20. The summed E-state index contributed by atoms with van der Waals surface area (Å²) in [6, 6.07) is 6.30. The number of aryl methyl sites for hydroxylation is 2. The van der Waals surface area contributed by atoms with Crippen LogP contribution in [0.5, 0.6) is 0 Å². The van der Waals surface area contributed by atoms with Crippen molar-refractivity contribution < 1.29 is 0 Å². The number of H-pyrrole nitrogens is 1. The van der Waals surface area contributed by atoms with E-state index in [0.717, 1.165) is 54.8 Å². The average Bonchev–Trinajstić information content (AvgIpc) is 2.42. The fourth-order valence-electron chi connectivity index (χ4n) is 2.96. The van der Waals surface area contributed by atoms with Crippen LogP contribution in [0.4, 0.5) is 0 Å². The molecule has 0 radical (unpaired) electrons. The molecule has 0 amide bonds. The highest BCUT2D eigenvalue weighted by Crippen LogP contribution is 2.18. The second kappa shape index (κ2) is 5.38. The zero-order chi connectivity index (χ0) is 14.1. The third kappa shape index (κ3) is 2.62. The predicted molar refractivity (Wildman–Crippen MR) is 82.2 cm³/mol. The van der Waals surface area contributed by atoms with E-state index in [4.69, 9.17) is 0 Å². The van der Waals surface area contributed by atoms with Crippen molar-refractivity contribution in [1.29, 1.82) is 0 Å². The summed E-state index contributed by atoms with van der Waals surface area (Å²) >= 11 is 0. The van der Waals surface area contributed by atoms with E-state index in [1.54, 1.807) is 0 Å². The Bertz CT molecular complexity index is 684. The number of aromatic amines is 1. The number of nitrogens with zero attached hydrogens (tertiary/aromatic N) is 1. The molecule has 0 spiro atoms. The Kier molecular flexibility index (Phi) is 3.59. The van der Waals surface area contributed by atoms with Crippen molar-refractivity contribution in [2.45, 2.75) is 20.4 Å². The van der Waals surface area contributed by atoms with E-state index < -0.39 is 0 Å². The fourth-order valence-corrected chi connectivity index (χ4v) is 2.96. The van der Waals surface area contributed by atoms with Crippen LogP contribution in [0.3, 0.4) is 0 Å². The SMILES string of the molecule is Cc1cc(C)c2[nH]c(=O)c(CN3CCNCC3)cc2c1. The lowest BCUT2D eigenvalue weighted by atomic mass is 10.1. The Morgan fingerprint density at radius 3 is 2.65 bits per heavy atom. The minimum Gasteiger partial charge on any atom is -0.321 e. The molecule has 1 fully saturated rings. The smallest absolute Gasteiger partial charge is 0.252 e. The van der Waals surface area contributed by atoms with Gasteiger partial charge in [-0.05, 0) is 36.9 Å². The molecule has 0 bridgehead atoms. The van der Waals surface area contributed by atoms with E-state index in [-0.39, 0.29) is 5.56 Å². The summed E-state index contributed by atoms with van der Waals surface area (Å²) in [6.45, 7) is 8.89. The van der Waals surface area contributed by atoms with E-state index in [2.05, 4.69) is 40.3 Å². The molecular formula is C16H21N3O. The minimum absolute atomic E-state index is 0.0444. The van der Waals surface area contributed by atoms with Crippen LogP contribution >= 0.6 is 0 Å². The first-order chi connectivity index (χ1) is 9.63. The topological polar surface area (TPSA) is 48.1 Å². The number of aromatic nitrogens is 1. The van der Waals surface area contributed by atoms with Crippen molar-refractivity contribution in [3.63, 3.8) is 0 Å². The molecule has 1 aliphatic rings. The second-order valence-electron chi connectivity index (χ2n) is 5.70. The average molecular weight is 271 g/mol. The zero-order valence-corrected chi connectivity index (χ0v) is 12.1. The van der Waals surface area contributed by atoms with Crippen LogP contribution in [0.1, 0.15) is 16.7 Å². The molecule has 2 aromatic rings. The number of hydrogen-bond donors (Lipinski definition) is 2. The summed E-state index contributed by atoms with van der Waals surface area (Å²) in [6.07, 6.45) is 0. The van der Waals surface area contributed by atoms with Crippen LogP contribution in [0.25, 0.3) is 10.9 Å². The maximum absolute atomic E-state index is 12.2. The quantitative estimate of drug-likeness (QED) is 0.871. The molecule has 106 valence electrons. The largest absolute Gasteiger partial charge is 0.321 e. The van der Waals surface area contributed by atoms with Crippen LogP contribution < -0.4 is 10.9 Å². The number of hydrogen-bond acceptors (Lipinski definition) is 3. The van der Waals surface area contributed by atoms with Gasteiger partial charge in [0.15, 0.2) is 0 Å². The van der Waals surface area contributed by atoms with Crippen molar-refractivity contribution >= 4 is 10.9 Å². The summed E-state index contributed by atoms with van der Waals surface area (Å²) in [7, 11) is 0. The third-order valence-corrected chi connectivity index (χ3v) is 3.97. The summed E-state index contributed by atoms with van der Waals surface area (Å²) in [4.78, 5) is 17.6. The van der Waals surface area contributed by atoms with Crippen LogP contribution in [-0.4, -0.2) is 36.1 Å². The van der Waals surface area contributed by atoms with Gasteiger partial charge in [-0.2, -0.15) is 0 Å². The standard InChI is InChI=1S/C16H21N3O/c1-11-7-12(2)15-13(8-11)9-14(16(20)18-15)10-19-5-3-17-4-6-19/h7-9,17H,3-6,10H2,1-2H3,(H,18,20). The van der Waals surface area contributed by atoms with Crippen LogP contribution in [0.15, 0.2) is 23.0 Å². The van der Waals surface area contributed by atoms with Crippen LogP contribution in [0.2, 0.25) is 0 Å². The number of pyridine rings is 1. The number of piperazine rings is 1. The highest BCUT2D eigenvalue weighted by atomic mass is 16.1. The van der Waals surface area contributed by atoms with Gasteiger partial charge in [-0.3, -0.25) is 9.69 Å². The lowest BCUT2D eigenvalue weighted by Gasteiger charge is -2.26. The molecule has 0 aliphatic carbocycles. The molecule has 1 aromatic carbocycles. The lowest BCUT2D eigenvalue weighted by Crippen LogP contribution is -2.43. The van der Waals surface area contributed by atoms with Gasteiger partial charge in [0, 0.05) is 38.3 Å². The molecule has 0 atom stereocenters. The van der Waals surface area contributed by atoms with Gasteiger partial charge < -0.3 is 10.3 Å². The first kappa shape index (κ1) is 13.3. The first-order valence-corrected chi connectivity index (χ1v) is 7.20. The zero-order valence-electron chi connectivity index (χ0n) is 12.1. The normalized spacial score (nSPS) is 16.7. The van der Waals surface area contributed by atoms with Gasteiger partial charge in [-0.1, -0.05) is 11.6 Å². The number of benzene rings is 1. The lowest BCUT2D eigenvalue weighted by molar-refractivity contribution is 0.232. The van der Waals surface area contributed by atoms with E-state index in [9.17, 15) is 4.79 Å². The van der Waals surface area contributed by atoms with Crippen LogP contribution in [0, 0.1) is 13.8 Å². The Morgan fingerprint density at radius 1 is 1.15 bits per heavy atom. The molecule has 4 heteroatoms. The van der Waals surface area contributed by atoms with Crippen molar-refractivity contribution in [2.24, 2.45) is 0 Å². The van der Waals surface area contributed by atoms with Crippen molar-refractivity contribution in [1.82, 2.24) is 15.2 Å². The molecule has 0 unspecified atom stereocenters. The number of fused-ring (bicyclic) bond motifs is 1. The molecule has 4 nitrogen and oxygen atoms in total. The Balaban J connectivity index is 1.98. The fraction of sp³-hybridized carbons (Fsp3) is 0.438. The molecule has 3 rings (SSSR count). The van der Waals surface area contributed by atoms with Gasteiger partial charge in [0.05, 0.1) is 5.52 Å². The number of rotatable bonds is 2. The Hall–Kier alpha value is -1.65. The summed E-state index contributed by atoms with van der Waals surface area (Å²) in [5.74, 6) is 0. The molecule has 2 heterocycles. The monoisotopic (exact) mass is 271 g/mol. The van der Waals surface area contributed by atoms with Gasteiger partial charge in [0.25, 0.3) is 5.56 Å². The van der Waals surface area contributed by atoms with Crippen LogP contribution in [-0.2, 0) is 6.54 Å². The van der Waals surface area contributed by atoms with Crippen molar-refractivity contribution in [3.05, 3.63) is 45.2 Å². The van der Waals surface area contributed by atoms with Gasteiger partial charge >= 0.3 is 0 Å². The van der Waals surface area contributed by atoms with E-state index in [1.807, 2.05) is 6.92 Å². The summed E-state index contributed by atoms with van der Waals surface area (Å²) in [5.41, 5.74) is 4.23. The summed E-state index contributed by atoms with van der Waals surface area (Å²) in [5, 5.41) is 4.46. The second-order valence-corrected chi connectivity index (χ2v) is 5.70. The predicted octanol–water partition coefficient (Wildman–Crippen LogP) is 1.55. The maximum Gasteiger partial charge on any atom is 0.252 e. The molecule has 20 heavy (non-hydrogen) atoms. The maximum atomic E-state index is 12.2. The van der Waals surface area contributed by atoms with Gasteiger partial charge in [-0.15, -0.1) is 0 Å². The highest BCUT2D eigenvalue weighted by Gasteiger charge is 2.13. The van der Waals surface area contributed by atoms with E-state index in [0.29, 0.717) is 0 Å².